The molecule has 1 heterocycles. The molecule has 1 saturated heterocycles. The molecule has 0 saturated carbocycles. The molecule has 1 amide bonds. The number of carbonyl (C=O) groups is 1. The fourth-order valence-electron chi connectivity index (χ4n) is 1.73. The van der Waals surface area contributed by atoms with Gasteiger partial charge >= 0.3 is 6.09 Å². The summed E-state index contributed by atoms with van der Waals surface area (Å²) in [5, 5.41) is 0. The van der Waals surface area contributed by atoms with E-state index < -0.39 is 0 Å². The first-order valence-corrected chi connectivity index (χ1v) is 5.18. The van der Waals surface area contributed by atoms with Crippen molar-refractivity contribution in [2.75, 3.05) is 13.1 Å². The Bertz CT molecular complexity index is 218. The topological polar surface area (TPSA) is 55.6 Å². The van der Waals surface area contributed by atoms with E-state index in [0.717, 1.165) is 12.8 Å². The monoisotopic (exact) mass is 200 g/mol. The lowest BCUT2D eigenvalue weighted by Gasteiger charge is -2.22. The first-order chi connectivity index (χ1) is 6.48. The fourth-order valence-corrected chi connectivity index (χ4v) is 1.73. The summed E-state index contributed by atoms with van der Waals surface area (Å²) in [6.45, 7) is 7.30. The number of nitrogens with zero attached hydrogens (tertiary/aromatic N) is 1. The molecule has 1 atom stereocenters. The van der Waals surface area contributed by atoms with Crippen molar-refractivity contribution < 1.29 is 9.53 Å². The molecule has 2 N–H and O–H groups in total. The van der Waals surface area contributed by atoms with Crippen LogP contribution in [0.3, 0.4) is 0 Å². The number of ether oxygens (including phenoxy) is 1. The van der Waals surface area contributed by atoms with Gasteiger partial charge in [-0.3, -0.25) is 0 Å². The van der Waals surface area contributed by atoms with Crippen molar-refractivity contribution in [3.8, 4) is 0 Å². The molecule has 1 aliphatic heterocycles. The number of carbonyl (C=O) groups excluding carboxylic acids is 1. The summed E-state index contributed by atoms with van der Waals surface area (Å²) >= 11 is 0. The number of hydrogen-bond acceptors (Lipinski definition) is 3. The maximum absolute atomic E-state index is 11.5. The van der Waals surface area contributed by atoms with Crippen LogP contribution in [0.4, 0.5) is 4.79 Å². The lowest BCUT2D eigenvalue weighted by atomic mass is 10.00. The average Bonchev–Trinajstić information content (AvgIpc) is 2.39. The molecule has 0 aromatic carbocycles. The van der Waals surface area contributed by atoms with Crippen molar-refractivity contribution in [2.45, 2.75) is 45.3 Å². The maximum Gasteiger partial charge on any atom is 0.410 e. The molecule has 4 nitrogen and oxygen atoms in total. The summed E-state index contributed by atoms with van der Waals surface area (Å²) in [5.41, 5.74) is 5.11. The van der Waals surface area contributed by atoms with Crippen LogP contribution in [-0.4, -0.2) is 35.7 Å². The van der Waals surface area contributed by atoms with Gasteiger partial charge in [0.2, 0.25) is 0 Å². The van der Waals surface area contributed by atoms with Crippen molar-refractivity contribution >= 4 is 6.09 Å². The molecule has 82 valence electrons. The smallest absolute Gasteiger partial charge is 0.410 e. The second kappa shape index (κ2) is 4.17. The largest absolute Gasteiger partial charge is 0.441 e. The molecular formula is C10H20N2O2. The van der Waals surface area contributed by atoms with E-state index in [-0.39, 0.29) is 17.7 Å². The highest BCUT2D eigenvalue weighted by atomic mass is 16.6. The van der Waals surface area contributed by atoms with Crippen molar-refractivity contribution in [2.24, 2.45) is 5.73 Å². The van der Waals surface area contributed by atoms with E-state index in [4.69, 9.17) is 10.5 Å². The molecule has 0 spiro atoms. The summed E-state index contributed by atoms with van der Waals surface area (Å²) in [7, 11) is 0. The molecule has 0 radical (unpaired) electrons. The van der Waals surface area contributed by atoms with Crippen LogP contribution in [0, 0.1) is 0 Å². The van der Waals surface area contributed by atoms with E-state index in [1.54, 1.807) is 4.90 Å². The van der Waals surface area contributed by atoms with Gasteiger partial charge in [-0.1, -0.05) is 0 Å². The van der Waals surface area contributed by atoms with Crippen LogP contribution in [0.25, 0.3) is 0 Å². The van der Waals surface area contributed by atoms with Gasteiger partial charge in [0.1, 0.15) is 5.60 Å². The third-order valence-corrected chi connectivity index (χ3v) is 2.61. The Labute approximate surface area is 85.4 Å². The quantitative estimate of drug-likeness (QED) is 0.745. The molecule has 0 bridgehead atoms. The van der Waals surface area contributed by atoms with Crippen LogP contribution in [0.15, 0.2) is 0 Å². The van der Waals surface area contributed by atoms with Crippen LogP contribution in [0.1, 0.15) is 33.6 Å². The summed E-state index contributed by atoms with van der Waals surface area (Å²) in [4.78, 5) is 13.2. The number of nitrogens with two attached hydrogens (primary N) is 1. The van der Waals surface area contributed by atoms with Crippen molar-refractivity contribution in [1.29, 1.82) is 0 Å². The highest BCUT2D eigenvalue weighted by Gasteiger charge is 2.41. The minimum atomic E-state index is -0.333. The third-order valence-electron chi connectivity index (χ3n) is 2.61. The van der Waals surface area contributed by atoms with Gasteiger partial charge in [-0.25, -0.2) is 4.79 Å². The van der Waals surface area contributed by atoms with Gasteiger partial charge < -0.3 is 15.4 Å². The minimum absolute atomic E-state index is 0.195. The SMILES string of the molecule is CC(C)N1CC(C)(CCCN)OC1=O. The standard InChI is InChI=1S/C10H20N2O2/c1-8(2)12-7-10(3,5-4-6-11)14-9(12)13/h8H,4-7,11H2,1-3H3. The van der Waals surface area contributed by atoms with Crippen molar-refractivity contribution in [3.05, 3.63) is 0 Å². The maximum atomic E-state index is 11.5. The lowest BCUT2D eigenvalue weighted by Crippen LogP contribution is -2.35. The van der Waals surface area contributed by atoms with E-state index in [1.165, 1.54) is 0 Å². The highest BCUT2D eigenvalue weighted by Crippen LogP contribution is 2.28. The molecule has 1 fully saturated rings. The van der Waals surface area contributed by atoms with Crippen LogP contribution in [0.5, 0.6) is 0 Å². The molecule has 1 rings (SSSR count). The van der Waals surface area contributed by atoms with E-state index >= 15 is 0 Å². The van der Waals surface area contributed by atoms with E-state index in [1.807, 2.05) is 20.8 Å². The average molecular weight is 200 g/mol. The van der Waals surface area contributed by atoms with Crippen molar-refractivity contribution in [1.82, 2.24) is 4.90 Å². The van der Waals surface area contributed by atoms with Gasteiger partial charge in [0.15, 0.2) is 0 Å². The molecular weight excluding hydrogens is 180 g/mol. The highest BCUT2D eigenvalue weighted by molar-refractivity contribution is 5.70. The van der Waals surface area contributed by atoms with Gasteiger partial charge in [0.05, 0.1) is 6.54 Å². The first-order valence-electron chi connectivity index (χ1n) is 5.18. The number of hydrogen-bond donors (Lipinski definition) is 1. The second-order valence-corrected chi connectivity index (χ2v) is 4.43. The molecule has 1 aliphatic rings. The van der Waals surface area contributed by atoms with Crippen molar-refractivity contribution in [3.63, 3.8) is 0 Å². The van der Waals surface area contributed by atoms with Gasteiger partial charge in [-0.05, 0) is 40.2 Å². The van der Waals surface area contributed by atoms with Gasteiger partial charge in [-0.2, -0.15) is 0 Å². The summed E-state index contributed by atoms with van der Waals surface area (Å²) in [5.74, 6) is 0. The zero-order valence-electron chi connectivity index (χ0n) is 9.25. The molecule has 0 aromatic heterocycles. The molecule has 4 heteroatoms. The molecule has 0 aromatic rings. The fraction of sp³-hybridized carbons (Fsp3) is 0.900. The lowest BCUT2D eigenvalue weighted by molar-refractivity contribution is 0.0637. The normalized spacial score (nSPS) is 27.2. The predicted molar refractivity (Wildman–Crippen MR) is 55.0 cm³/mol. The Hall–Kier alpha value is -0.770. The van der Waals surface area contributed by atoms with E-state index in [0.29, 0.717) is 13.1 Å². The van der Waals surface area contributed by atoms with Crippen LogP contribution in [-0.2, 0) is 4.74 Å². The third kappa shape index (κ3) is 2.38. The van der Waals surface area contributed by atoms with Gasteiger partial charge in [-0.15, -0.1) is 0 Å². The Balaban J connectivity index is 2.56. The van der Waals surface area contributed by atoms with E-state index in [2.05, 4.69) is 0 Å². The number of cyclic esters (lactones) is 1. The van der Waals surface area contributed by atoms with Gasteiger partial charge in [0, 0.05) is 6.04 Å². The Morgan fingerprint density at radius 2 is 2.29 bits per heavy atom. The zero-order chi connectivity index (χ0) is 10.8. The minimum Gasteiger partial charge on any atom is -0.441 e. The first kappa shape index (κ1) is 11.3. The van der Waals surface area contributed by atoms with Crippen LogP contribution >= 0.6 is 0 Å². The molecule has 0 aliphatic carbocycles. The zero-order valence-corrected chi connectivity index (χ0v) is 9.25. The Kier molecular flexibility index (Phi) is 3.37. The number of amides is 1. The number of rotatable bonds is 4. The van der Waals surface area contributed by atoms with Gasteiger partial charge in [0.25, 0.3) is 0 Å². The Morgan fingerprint density at radius 3 is 2.71 bits per heavy atom. The van der Waals surface area contributed by atoms with Crippen LogP contribution in [0.2, 0.25) is 0 Å². The summed E-state index contributed by atoms with van der Waals surface area (Å²) < 4.78 is 5.36. The Morgan fingerprint density at radius 1 is 1.64 bits per heavy atom. The summed E-state index contributed by atoms with van der Waals surface area (Å²) in [6.07, 6.45) is 1.55. The second-order valence-electron chi connectivity index (χ2n) is 4.43. The predicted octanol–water partition coefficient (Wildman–Crippen LogP) is 1.34. The summed E-state index contributed by atoms with van der Waals surface area (Å²) in [6, 6.07) is 0.210. The van der Waals surface area contributed by atoms with Crippen LogP contribution < -0.4 is 5.73 Å². The van der Waals surface area contributed by atoms with E-state index in [9.17, 15) is 4.79 Å². The molecule has 1 unspecified atom stereocenters. The molecule has 14 heavy (non-hydrogen) atoms.